The van der Waals surface area contributed by atoms with E-state index in [-0.39, 0.29) is 14.9 Å². The monoisotopic (exact) mass is 448 g/mol. The van der Waals surface area contributed by atoms with Gasteiger partial charge in [0.1, 0.15) is 9.84 Å². The molecule has 0 N–H and O–H groups in total. The molecule has 0 saturated carbocycles. The number of sulfone groups is 1. The van der Waals surface area contributed by atoms with Crippen molar-refractivity contribution in [3.05, 3.63) is 0 Å². The van der Waals surface area contributed by atoms with Crippen molar-refractivity contribution >= 4 is 9.84 Å². The minimum atomic E-state index is -2.70. The van der Waals surface area contributed by atoms with E-state index in [0.717, 1.165) is 49.7 Å². The van der Waals surface area contributed by atoms with Gasteiger partial charge in [0.05, 0.1) is 11.5 Å². The van der Waals surface area contributed by atoms with Gasteiger partial charge in [0.25, 0.3) is 0 Å². The predicted octanol–water partition coefficient (Wildman–Crippen LogP) is 7.35. The first-order chi connectivity index (χ1) is 13.0. The first-order valence-corrected chi connectivity index (χ1v) is 13.6. The maximum Gasteiger partial charge on any atom is 0.150 e. The molecule has 2 fully saturated rings. The summed E-state index contributed by atoms with van der Waals surface area (Å²) in [6.07, 6.45) is 4.31. The standard InChI is InChI=1S/C12H24O2S.C12H24O.2CH4/c1-9(2)12(10(3)4)11-5-7-15(13,14)8-6-11;1-9(2)12(10(3)4)11-5-7-13-8-6-11;;/h9-12H,5-8H2,1-4H3;9-12H,5-8H2,1-4H3;2*1H4. The van der Waals surface area contributed by atoms with Crippen LogP contribution in [0, 0.1) is 47.3 Å². The summed E-state index contributed by atoms with van der Waals surface area (Å²) >= 11 is 0. The summed E-state index contributed by atoms with van der Waals surface area (Å²) in [5.41, 5.74) is 0. The Bertz CT molecular complexity index is 486. The van der Waals surface area contributed by atoms with Gasteiger partial charge in [0, 0.05) is 13.2 Å². The lowest BCUT2D eigenvalue weighted by atomic mass is 9.73. The summed E-state index contributed by atoms with van der Waals surface area (Å²) in [6, 6.07) is 0. The van der Waals surface area contributed by atoms with Crippen LogP contribution in [-0.2, 0) is 14.6 Å². The molecule has 0 atom stereocenters. The average molecular weight is 449 g/mol. The molecular weight excluding hydrogens is 392 g/mol. The van der Waals surface area contributed by atoms with Crippen molar-refractivity contribution in [2.75, 3.05) is 24.7 Å². The first-order valence-electron chi connectivity index (χ1n) is 11.7. The summed E-state index contributed by atoms with van der Waals surface area (Å²) in [5, 5.41) is 0. The highest BCUT2D eigenvalue weighted by molar-refractivity contribution is 7.91. The third-order valence-corrected chi connectivity index (χ3v) is 8.75. The van der Waals surface area contributed by atoms with Gasteiger partial charge in [-0.1, -0.05) is 70.2 Å². The molecule has 0 unspecified atom stereocenters. The molecule has 2 saturated heterocycles. The highest BCUT2D eigenvalue weighted by atomic mass is 32.2. The predicted molar refractivity (Wildman–Crippen MR) is 135 cm³/mol. The molecule has 0 bridgehead atoms. The molecule has 2 aliphatic rings. The lowest BCUT2D eigenvalue weighted by Gasteiger charge is -2.35. The van der Waals surface area contributed by atoms with E-state index < -0.39 is 9.84 Å². The molecule has 0 aliphatic carbocycles. The van der Waals surface area contributed by atoms with Gasteiger partial charge in [0.15, 0.2) is 0 Å². The smallest absolute Gasteiger partial charge is 0.150 e. The zero-order valence-corrected chi connectivity index (χ0v) is 20.7. The van der Waals surface area contributed by atoms with E-state index in [4.69, 9.17) is 4.74 Å². The number of ether oxygens (including phenoxy) is 1. The van der Waals surface area contributed by atoms with Crippen LogP contribution in [0.25, 0.3) is 0 Å². The largest absolute Gasteiger partial charge is 0.381 e. The fourth-order valence-corrected chi connectivity index (χ4v) is 7.64. The molecule has 3 nitrogen and oxygen atoms in total. The first kappa shape index (κ1) is 32.1. The van der Waals surface area contributed by atoms with Gasteiger partial charge in [-0.2, -0.15) is 0 Å². The van der Waals surface area contributed by atoms with Crippen molar-refractivity contribution < 1.29 is 13.2 Å². The average Bonchev–Trinajstić information content (AvgIpc) is 2.57. The van der Waals surface area contributed by atoms with Crippen molar-refractivity contribution in [1.82, 2.24) is 0 Å². The molecule has 4 heteroatoms. The SMILES string of the molecule is C.C.CC(C)C(C(C)C)C1CCOCC1.CC(C)C(C(C)C)C1CCS(=O)(=O)CC1. The van der Waals surface area contributed by atoms with E-state index in [0.29, 0.717) is 35.2 Å². The van der Waals surface area contributed by atoms with Crippen LogP contribution in [0.2, 0.25) is 0 Å². The highest BCUT2D eigenvalue weighted by Gasteiger charge is 2.32. The van der Waals surface area contributed by atoms with Crippen LogP contribution in [0.15, 0.2) is 0 Å². The Hall–Kier alpha value is -0.0900. The van der Waals surface area contributed by atoms with Gasteiger partial charge in [-0.25, -0.2) is 8.42 Å². The Balaban J connectivity index is 0. The Morgan fingerprint density at radius 2 is 0.900 bits per heavy atom. The Morgan fingerprint density at radius 1 is 0.600 bits per heavy atom. The molecule has 0 amide bonds. The summed E-state index contributed by atoms with van der Waals surface area (Å²) < 4.78 is 28.1. The van der Waals surface area contributed by atoms with E-state index in [2.05, 4.69) is 55.4 Å². The molecule has 0 aromatic rings. The van der Waals surface area contributed by atoms with Crippen LogP contribution in [0.3, 0.4) is 0 Å². The lowest BCUT2D eigenvalue weighted by molar-refractivity contribution is 0.0254. The van der Waals surface area contributed by atoms with Crippen LogP contribution >= 0.6 is 0 Å². The third kappa shape index (κ3) is 10.5. The molecule has 2 aliphatic heterocycles. The fourth-order valence-electron chi connectivity index (χ4n) is 6.11. The maximum absolute atomic E-state index is 11.4. The van der Waals surface area contributed by atoms with E-state index in [9.17, 15) is 8.42 Å². The highest BCUT2D eigenvalue weighted by Crippen LogP contribution is 2.36. The van der Waals surface area contributed by atoms with Gasteiger partial charge in [-0.05, 0) is 73.0 Å². The molecule has 0 spiro atoms. The second-order valence-corrected chi connectivity index (χ2v) is 12.9. The van der Waals surface area contributed by atoms with Gasteiger partial charge in [-0.15, -0.1) is 0 Å². The topological polar surface area (TPSA) is 43.4 Å². The maximum atomic E-state index is 11.4. The van der Waals surface area contributed by atoms with Crippen molar-refractivity contribution in [3.8, 4) is 0 Å². The second-order valence-electron chi connectivity index (χ2n) is 10.6. The summed E-state index contributed by atoms with van der Waals surface area (Å²) in [5.74, 6) is 6.89. The molecule has 184 valence electrons. The molecule has 30 heavy (non-hydrogen) atoms. The number of hydrogen-bond donors (Lipinski definition) is 0. The van der Waals surface area contributed by atoms with Gasteiger partial charge in [-0.3, -0.25) is 0 Å². The Kier molecular flexibility index (Phi) is 15.9. The van der Waals surface area contributed by atoms with Crippen molar-refractivity contribution in [2.45, 2.75) is 95.9 Å². The summed E-state index contributed by atoms with van der Waals surface area (Å²) in [7, 11) is -2.70. The summed E-state index contributed by atoms with van der Waals surface area (Å²) in [4.78, 5) is 0. The van der Waals surface area contributed by atoms with E-state index >= 15 is 0 Å². The van der Waals surface area contributed by atoms with Gasteiger partial charge < -0.3 is 4.74 Å². The minimum Gasteiger partial charge on any atom is -0.381 e. The number of rotatable bonds is 6. The molecule has 0 radical (unpaired) electrons. The van der Waals surface area contributed by atoms with Gasteiger partial charge >= 0.3 is 0 Å². The van der Waals surface area contributed by atoms with Crippen molar-refractivity contribution in [2.24, 2.45) is 47.3 Å². The minimum absolute atomic E-state index is 0. The van der Waals surface area contributed by atoms with Crippen LogP contribution < -0.4 is 0 Å². The number of hydrogen-bond acceptors (Lipinski definition) is 3. The van der Waals surface area contributed by atoms with E-state index in [1.165, 1.54) is 12.8 Å². The van der Waals surface area contributed by atoms with Gasteiger partial charge in [0.2, 0.25) is 0 Å². The fraction of sp³-hybridized carbons (Fsp3) is 1.00. The Labute approximate surface area is 191 Å². The molecule has 2 heterocycles. The molecular formula is C26H56O3S. The van der Waals surface area contributed by atoms with Crippen LogP contribution in [0.4, 0.5) is 0 Å². The summed E-state index contributed by atoms with van der Waals surface area (Å²) in [6.45, 7) is 20.4. The molecule has 2 rings (SSSR count). The normalized spacial score (nSPS) is 20.3. The third-order valence-electron chi connectivity index (χ3n) is 7.03. The van der Waals surface area contributed by atoms with E-state index in [1.807, 2.05) is 0 Å². The Morgan fingerprint density at radius 3 is 1.20 bits per heavy atom. The molecule has 0 aromatic heterocycles. The van der Waals surface area contributed by atoms with Crippen LogP contribution in [0.1, 0.15) is 95.9 Å². The van der Waals surface area contributed by atoms with Crippen molar-refractivity contribution in [1.29, 1.82) is 0 Å². The zero-order chi connectivity index (χ0) is 21.5. The second kappa shape index (κ2) is 14.9. The molecule has 0 aromatic carbocycles. The van der Waals surface area contributed by atoms with Crippen LogP contribution in [0.5, 0.6) is 0 Å². The van der Waals surface area contributed by atoms with Crippen LogP contribution in [-0.4, -0.2) is 33.1 Å². The zero-order valence-electron chi connectivity index (χ0n) is 19.9. The van der Waals surface area contributed by atoms with E-state index in [1.54, 1.807) is 0 Å². The lowest BCUT2D eigenvalue weighted by Crippen LogP contribution is -2.33. The quantitative estimate of drug-likeness (QED) is 0.426. The van der Waals surface area contributed by atoms with Crippen molar-refractivity contribution in [3.63, 3.8) is 0 Å².